The summed E-state index contributed by atoms with van der Waals surface area (Å²) in [4.78, 5) is 26.3. The van der Waals surface area contributed by atoms with Gasteiger partial charge in [-0.3, -0.25) is 0 Å². The molecule has 0 radical (unpaired) electrons. The number of carbonyl (C=O) groups is 2. The molecule has 2 rings (SSSR count). The Morgan fingerprint density at radius 2 is 1.67 bits per heavy atom. The molecule has 0 saturated carbocycles. The SMILES string of the molecule is CCN(CC)c1ccc([C@H]2NC(=O)NC(C)=C2C(=O)OCC(F)(F)C(F)(F)F)cc1. The Morgan fingerprint density at radius 3 is 2.17 bits per heavy atom. The van der Waals surface area contributed by atoms with Crippen LogP contribution in [0.1, 0.15) is 32.4 Å². The average molecular weight is 435 g/mol. The Morgan fingerprint density at radius 1 is 1.10 bits per heavy atom. The van der Waals surface area contributed by atoms with E-state index < -0.39 is 36.7 Å². The number of anilines is 1. The van der Waals surface area contributed by atoms with Gasteiger partial charge in [-0.25, -0.2) is 9.59 Å². The number of amides is 2. The molecule has 2 amide bonds. The summed E-state index contributed by atoms with van der Waals surface area (Å²) in [5, 5.41) is 4.76. The van der Waals surface area contributed by atoms with Gasteiger partial charge in [-0.2, -0.15) is 22.0 Å². The van der Waals surface area contributed by atoms with Gasteiger partial charge in [0, 0.05) is 24.5 Å². The van der Waals surface area contributed by atoms with Crippen molar-refractivity contribution in [2.75, 3.05) is 24.6 Å². The van der Waals surface area contributed by atoms with Crippen LogP contribution >= 0.6 is 0 Å². The number of nitrogens with zero attached hydrogens (tertiary/aromatic N) is 1. The van der Waals surface area contributed by atoms with Gasteiger partial charge < -0.3 is 20.3 Å². The minimum absolute atomic E-state index is 0.00288. The predicted molar refractivity (Wildman–Crippen MR) is 99.1 cm³/mol. The first-order valence-corrected chi connectivity index (χ1v) is 9.16. The van der Waals surface area contributed by atoms with E-state index in [1.165, 1.54) is 6.92 Å². The van der Waals surface area contributed by atoms with Crippen LogP contribution in [0.25, 0.3) is 0 Å². The second-order valence-electron chi connectivity index (χ2n) is 6.61. The maximum Gasteiger partial charge on any atom is 0.456 e. The standard InChI is InChI=1S/C19H22F5N3O3/c1-4-27(5-2)13-8-6-12(7-9-13)15-14(11(3)25-17(29)26-15)16(28)30-10-18(20,21)19(22,23)24/h6-9,15H,4-5,10H2,1-3H3,(H2,25,26,29)/t15-/m1/s1. The lowest BCUT2D eigenvalue weighted by molar-refractivity contribution is -0.293. The predicted octanol–water partition coefficient (Wildman–Crippen LogP) is 3.90. The number of carbonyl (C=O) groups excluding carboxylic acids is 2. The van der Waals surface area contributed by atoms with Crippen LogP contribution in [0.15, 0.2) is 35.5 Å². The van der Waals surface area contributed by atoms with Crippen LogP contribution in [-0.4, -0.2) is 43.8 Å². The molecular formula is C19H22F5N3O3. The number of alkyl halides is 5. The van der Waals surface area contributed by atoms with Gasteiger partial charge >= 0.3 is 24.1 Å². The molecule has 11 heteroatoms. The highest BCUT2D eigenvalue weighted by Gasteiger charge is 2.58. The molecule has 30 heavy (non-hydrogen) atoms. The van der Waals surface area contributed by atoms with Crippen molar-refractivity contribution in [1.82, 2.24) is 10.6 Å². The summed E-state index contributed by atoms with van der Waals surface area (Å²) in [6, 6.07) is 5.06. The van der Waals surface area contributed by atoms with Gasteiger partial charge in [-0.05, 0) is 38.5 Å². The molecule has 1 aromatic carbocycles. The molecule has 6 nitrogen and oxygen atoms in total. The molecule has 0 unspecified atom stereocenters. The molecule has 1 aliphatic heterocycles. The van der Waals surface area contributed by atoms with Crippen LogP contribution in [0.4, 0.5) is 32.4 Å². The second-order valence-corrected chi connectivity index (χ2v) is 6.61. The zero-order chi connectivity index (χ0) is 22.7. The Balaban J connectivity index is 2.29. The molecule has 2 N–H and O–H groups in total. The van der Waals surface area contributed by atoms with E-state index >= 15 is 0 Å². The van der Waals surface area contributed by atoms with Crippen LogP contribution in [0.5, 0.6) is 0 Å². The number of halogens is 5. The number of rotatable bonds is 7. The third-order valence-corrected chi connectivity index (χ3v) is 4.64. The summed E-state index contributed by atoms with van der Waals surface area (Å²) in [7, 11) is 0. The molecular weight excluding hydrogens is 413 g/mol. The van der Waals surface area contributed by atoms with E-state index in [9.17, 15) is 31.5 Å². The molecule has 0 aliphatic carbocycles. The zero-order valence-corrected chi connectivity index (χ0v) is 16.6. The molecule has 1 heterocycles. The first-order chi connectivity index (χ1) is 13.9. The van der Waals surface area contributed by atoms with Gasteiger partial charge in [-0.15, -0.1) is 0 Å². The minimum atomic E-state index is -5.85. The van der Waals surface area contributed by atoms with Gasteiger partial charge in [0.2, 0.25) is 0 Å². The number of allylic oxidation sites excluding steroid dienone is 1. The topological polar surface area (TPSA) is 70.7 Å². The Bertz CT molecular complexity index is 818. The van der Waals surface area contributed by atoms with Crippen molar-refractivity contribution in [2.45, 2.75) is 38.9 Å². The van der Waals surface area contributed by atoms with Gasteiger partial charge in [0.05, 0.1) is 11.6 Å². The molecule has 0 spiro atoms. The fraction of sp³-hybridized carbons (Fsp3) is 0.474. The maximum absolute atomic E-state index is 13.1. The number of ether oxygens (including phenoxy) is 1. The van der Waals surface area contributed by atoms with Crippen LogP contribution in [0, 0.1) is 0 Å². The van der Waals surface area contributed by atoms with Crippen molar-refractivity contribution in [3.8, 4) is 0 Å². The number of benzene rings is 1. The Labute approximate surface area is 170 Å². The fourth-order valence-corrected chi connectivity index (χ4v) is 3.00. The van der Waals surface area contributed by atoms with Crippen molar-refractivity contribution in [3.63, 3.8) is 0 Å². The number of hydrogen-bond acceptors (Lipinski definition) is 4. The van der Waals surface area contributed by atoms with E-state index in [2.05, 4.69) is 20.3 Å². The minimum Gasteiger partial charge on any atom is -0.455 e. The van der Waals surface area contributed by atoms with E-state index in [0.717, 1.165) is 18.8 Å². The number of urea groups is 1. The second kappa shape index (κ2) is 8.88. The van der Waals surface area contributed by atoms with Crippen LogP contribution in [0.3, 0.4) is 0 Å². The smallest absolute Gasteiger partial charge is 0.455 e. The lowest BCUT2D eigenvalue weighted by Crippen LogP contribution is -2.46. The molecule has 166 valence electrons. The molecule has 0 bridgehead atoms. The Hall–Kier alpha value is -2.85. The quantitative estimate of drug-likeness (QED) is 0.504. The first kappa shape index (κ1) is 23.4. The van der Waals surface area contributed by atoms with E-state index in [1.807, 2.05) is 13.8 Å². The zero-order valence-electron chi connectivity index (χ0n) is 16.6. The average Bonchev–Trinajstić information content (AvgIpc) is 2.66. The largest absolute Gasteiger partial charge is 0.456 e. The van der Waals surface area contributed by atoms with Crippen LogP contribution in [-0.2, 0) is 9.53 Å². The van der Waals surface area contributed by atoms with E-state index in [4.69, 9.17) is 0 Å². The summed E-state index contributed by atoms with van der Waals surface area (Å²) in [6.45, 7) is 4.62. The van der Waals surface area contributed by atoms with Crippen molar-refractivity contribution in [2.24, 2.45) is 0 Å². The van der Waals surface area contributed by atoms with E-state index in [0.29, 0.717) is 5.56 Å². The van der Waals surface area contributed by atoms with Crippen LogP contribution in [0.2, 0.25) is 0 Å². The summed E-state index contributed by atoms with van der Waals surface area (Å²) < 4.78 is 67.5. The summed E-state index contributed by atoms with van der Waals surface area (Å²) in [5.74, 6) is -6.58. The van der Waals surface area contributed by atoms with Crippen molar-refractivity contribution < 1.29 is 36.3 Å². The molecule has 1 atom stereocenters. The van der Waals surface area contributed by atoms with Gasteiger partial charge in [0.15, 0.2) is 6.61 Å². The summed E-state index contributed by atoms with van der Waals surface area (Å²) in [6.07, 6.45) is -5.85. The van der Waals surface area contributed by atoms with Crippen molar-refractivity contribution >= 4 is 17.7 Å². The lowest BCUT2D eigenvalue weighted by Gasteiger charge is -2.29. The number of esters is 1. The first-order valence-electron chi connectivity index (χ1n) is 9.16. The van der Waals surface area contributed by atoms with E-state index in [-0.39, 0.29) is 11.3 Å². The van der Waals surface area contributed by atoms with Gasteiger partial charge in [-0.1, -0.05) is 12.1 Å². The molecule has 1 aromatic rings. The molecule has 1 aliphatic rings. The molecule has 0 aromatic heterocycles. The van der Waals surface area contributed by atoms with Crippen molar-refractivity contribution in [1.29, 1.82) is 0 Å². The van der Waals surface area contributed by atoms with E-state index in [1.54, 1.807) is 24.3 Å². The van der Waals surface area contributed by atoms with Crippen molar-refractivity contribution in [3.05, 3.63) is 41.1 Å². The third kappa shape index (κ3) is 5.00. The molecule has 0 saturated heterocycles. The molecule has 0 fully saturated rings. The maximum atomic E-state index is 13.1. The normalized spacial score (nSPS) is 17.3. The summed E-state index contributed by atoms with van der Waals surface area (Å²) >= 11 is 0. The highest BCUT2D eigenvalue weighted by Crippen LogP contribution is 2.36. The number of nitrogens with one attached hydrogen (secondary N) is 2. The summed E-state index contributed by atoms with van der Waals surface area (Å²) in [5.41, 5.74) is 1.06. The fourth-order valence-electron chi connectivity index (χ4n) is 3.00. The lowest BCUT2D eigenvalue weighted by atomic mass is 9.95. The number of hydrogen-bond donors (Lipinski definition) is 2. The highest BCUT2D eigenvalue weighted by molar-refractivity contribution is 5.95. The van der Waals surface area contributed by atoms with Gasteiger partial charge in [0.1, 0.15) is 0 Å². The third-order valence-electron chi connectivity index (χ3n) is 4.64. The highest BCUT2D eigenvalue weighted by atomic mass is 19.4. The Kier molecular flexibility index (Phi) is 6.94. The van der Waals surface area contributed by atoms with Gasteiger partial charge in [0.25, 0.3) is 0 Å². The van der Waals surface area contributed by atoms with Crippen LogP contribution < -0.4 is 15.5 Å². The monoisotopic (exact) mass is 435 g/mol.